The molecule has 0 fully saturated rings. The average Bonchev–Trinajstić information content (AvgIpc) is 2.46. The molecule has 0 rings (SSSR count). The zero-order valence-corrected chi connectivity index (χ0v) is 15.3. The van der Waals surface area contributed by atoms with E-state index < -0.39 is 0 Å². The van der Waals surface area contributed by atoms with Crippen LogP contribution in [0.1, 0.15) is 92.9 Å². The van der Waals surface area contributed by atoms with Crippen LogP contribution >= 0.6 is 0 Å². The zero-order valence-electron chi connectivity index (χ0n) is 15.3. The van der Waals surface area contributed by atoms with Gasteiger partial charge in [-0.1, -0.05) is 73.1 Å². The van der Waals surface area contributed by atoms with Crippen molar-refractivity contribution in [3.63, 3.8) is 0 Å². The first-order valence-corrected chi connectivity index (χ1v) is 9.10. The largest absolute Gasteiger partial charge is 0.462 e. The molecule has 0 aliphatic carbocycles. The van der Waals surface area contributed by atoms with E-state index in [1.54, 1.807) is 0 Å². The summed E-state index contributed by atoms with van der Waals surface area (Å²) in [6.45, 7) is 13.1. The van der Waals surface area contributed by atoms with Gasteiger partial charge in [0.2, 0.25) is 0 Å². The van der Waals surface area contributed by atoms with Crippen molar-refractivity contribution < 1.29 is 9.53 Å². The highest BCUT2D eigenvalue weighted by Gasteiger charge is 2.16. The van der Waals surface area contributed by atoms with E-state index in [2.05, 4.69) is 27.7 Å². The van der Waals surface area contributed by atoms with Crippen LogP contribution in [0, 0.1) is 17.8 Å². The molecule has 21 heavy (non-hydrogen) atoms. The van der Waals surface area contributed by atoms with Gasteiger partial charge in [-0.05, 0) is 31.1 Å². The van der Waals surface area contributed by atoms with Gasteiger partial charge >= 0.3 is 5.97 Å². The van der Waals surface area contributed by atoms with Crippen molar-refractivity contribution >= 4 is 5.97 Å². The van der Waals surface area contributed by atoms with Gasteiger partial charge in [0, 0.05) is 6.42 Å². The number of esters is 1. The van der Waals surface area contributed by atoms with Gasteiger partial charge < -0.3 is 4.74 Å². The van der Waals surface area contributed by atoms with Crippen molar-refractivity contribution in [2.24, 2.45) is 17.8 Å². The van der Waals surface area contributed by atoms with Crippen LogP contribution < -0.4 is 0 Å². The molecular weight excluding hydrogens is 260 g/mol. The van der Waals surface area contributed by atoms with Gasteiger partial charge in [-0.2, -0.15) is 0 Å². The molecule has 0 bridgehead atoms. The molecular formula is C19H38O2. The Morgan fingerprint density at radius 3 is 1.90 bits per heavy atom. The van der Waals surface area contributed by atoms with Gasteiger partial charge in [0.15, 0.2) is 0 Å². The van der Waals surface area contributed by atoms with Crippen LogP contribution in [-0.2, 0) is 9.53 Å². The van der Waals surface area contributed by atoms with Crippen LogP contribution in [0.3, 0.4) is 0 Å². The summed E-state index contributed by atoms with van der Waals surface area (Å²) >= 11 is 0. The maximum atomic E-state index is 11.3. The van der Waals surface area contributed by atoms with Crippen molar-refractivity contribution in [1.82, 2.24) is 0 Å². The Morgan fingerprint density at radius 1 is 0.857 bits per heavy atom. The Hall–Kier alpha value is -0.530. The second kappa shape index (κ2) is 12.1. The molecule has 0 saturated heterocycles. The molecule has 0 heterocycles. The summed E-state index contributed by atoms with van der Waals surface area (Å²) in [6.07, 6.45) is 9.66. The summed E-state index contributed by atoms with van der Waals surface area (Å²) in [7, 11) is 0. The Balaban J connectivity index is 3.69. The number of hydrogen-bond acceptors (Lipinski definition) is 2. The van der Waals surface area contributed by atoms with Gasteiger partial charge in [0.25, 0.3) is 0 Å². The van der Waals surface area contributed by atoms with E-state index in [4.69, 9.17) is 4.74 Å². The second-order valence-corrected chi connectivity index (χ2v) is 7.01. The van der Waals surface area contributed by atoms with Crippen molar-refractivity contribution in [3.8, 4) is 0 Å². The third kappa shape index (κ3) is 10.8. The van der Waals surface area contributed by atoms with Crippen LogP contribution in [0.5, 0.6) is 0 Å². The topological polar surface area (TPSA) is 26.3 Å². The first-order valence-electron chi connectivity index (χ1n) is 9.10. The minimum atomic E-state index is -0.0761. The summed E-state index contributed by atoms with van der Waals surface area (Å²) in [5.41, 5.74) is 0. The molecule has 0 amide bonds. The fourth-order valence-electron chi connectivity index (χ4n) is 2.59. The van der Waals surface area contributed by atoms with Crippen LogP contribution in [0.2, 0.25) is 0 Å². The molecule has 0 aliphatic heterocycles. The Bertz CT molecular complexity index is 262. The van der Waals surface area contributed by atoms with Crippen molar-refractivity contribution in [1.29, 1.82) is 0 Å². The molecule has 0 spiro atoms. The summed E-state index contributed by atoms with van der Waals surface area (Å²) in [5, 5.41) is 0. The molecule has 0 aromatic heterocycles. The van der Waals surface area contributed by atoms with E-state index >= 15 is 0 Å². The molecule has 0 aromatic carbocycles. The fourth-order valence-corrected chi connectivity index (χ4v) is 2.59. The van der Waals surface area contributed by atoms with Crippen LogP contribution in [0.4, 0.5) is 0 Å². The highest BCUT2D eigenvalue weighted by atomic mass is 16.5. The van der Waals surface area contributed by atoms with E-state index in [9.17, 15) is 4.79 Å². The minimum absolute atomic E-state index is 0.0539. The molecule has 126 valence electrons. The molecule has 0 saturated carbocycles. The van der Waals surface area contributed by atoms with E-state index in [1.807, 2.05) is 13.8 Å². The number of ether oxygens (including phenoxy) is 1. The quantitative estimate of drug-likeness (QED) is 0.414. The standard InChI is InChI=1S/C19H38O2/c1-7-15(3)11-9-12-16(4)13-10-14-17(5)18(6)21-19(20)8-2/h15-18H,7-14H2,1-6H3/t15-,16+,17-,18+/m0/s1. The lowest BCUT2D eigenvalue weighted by Crippen LogP contribution is -2.21. The van der Waals surface area contributed by atoms with E-state index in [1.165, 1.54) is 38.5 Å². The highest BCUT2D eigenvalue weighted by molar-refractivity contribution is 5.69. The highest BCUT2D eigenvalue weighted by Crippen LogP contribution is 2.22. The van der Waals surface area contributed by atoms with Gasteiger partial charge in [0.1, 0.15) is 6.10 Å². The number of rotatable bonds is 12. The Kier molecular flexibility index (Phi) is 11.8. The predicted octanol–water partition coefficient (Wildman–Crippen LogP) is 5.99. The van der Waals surface area contributed by atoms with Gasteiger partial charge in [-0.3, -0.25) is 4.79 Å². The predicted molar refractivity (Wildman–Crippen MR) is 91.3 cm³/mol. The number of carbonyl (C=O) groups is 1. The molecule has 0 N–H and O–H groups in total. The van der Waals surface area contributed by atoms with Crippen molar-refractivity contribution in [3.05, 3.63) is 0 Å². The molecule has 2 nitrogen and oxygen atoms in total. The molecule has 0 aliphatic rings. The van der Waals surface area contributed by atoms with Crippen molar-refractivity contribution in [2.45, 2.75) is 99.0 Å². The lowest BCUT2D eigenvalue weighted by atomic mass is 9.91. The van der Waals surface area contributed by atoms with E-state index in [-0.39, 0.29) is 12.1 Å². The summed E-state index contributed by atoms with van der Waals surface area (Å²) in [6, 6.07) is 0. The molecule has 2 heteroatoms. The lowest BCUT2D eigenvalue weighted by molar-refractivity contribution is -0.150. The number of carbonyl (C=O) groups excluding carboxylic acids is 1. The lowest BCUT2D eigenvalue weighted by Gasteiger charge is -2.21. The minimum Gasteiger partial charge on any atom is -0.462 e. The monoisotopic (exact) mass is 298 g/mol. The first-order chi connectivity index (χ1) is 9.90. The van der Waals surface area contributed by atoms with Crippen LogP contribution in [0.15, 0.2) is 0 Å². The molecule has 0 unspecified atom stereocenters. The first kappa shape index (κ1) is 20.5. The third-order valence-electron chi connectivity index (χ3n) is 4.85. The van der Waals surface area contributed by atoms with Gasteiger partial charge in [-0.15, -0.1) is 0 Å². The maximum Gasteiger partial charge on any atom is 0.305 e. The second-order valence-electron chi connectivity index (χ2n) is 7.01. The Morgan fingerprint density at radius 2 is 1.38 bits per heavy atom. The summed E-state index contributed by atoms with van der Waals surface area (Å²) in [5.74, 6) is 2.10. The fraction of sp³-hybridized carbons (Fsp3) is 0.947. The van der Waals surface area contributed by atoms with Crippen molar-refractivity contribution in [2.75, 3.05) is 0 Å². The average molecular weight is 299 g/mol. The zero-order chi connectivity index (χ0) is 16.3. The maximum absolute atomic E-state index is 11.3. The van der Waals surface area contributed by atoms with Gasteiger partial charge in [0.05, 0.1) is 0 Å². The smallest absolute Gasteiger partial charge is 0.305 e. The normalized spacial score (nSPS) is 17.0. The third-order valence-corrected chi connectivity index (χ3v) is 4.85. The van der Waals surface area contributed by atoms with Gasteiger partial charge in [-0.25, -0.2) is 0 Å². The van der Waals surface area contributed by atoms with Crippen LogP contribution in [-0.4, -0.2) is 12.1 Å². The van der Waals surface area contributed by atoms with E-state index in [0.29, 0.717) is 12.3 Å². The number of hydrogen-bond donors (Lipinski definition) is 0. The molecule has 4 atom stereocenters. The molecule has 0 aromatic rings. The molecule has 0 radical (unpaired) electrons. The SMILES string of the molecule is CCC(=O)O[C@H](C)[C@@H](C)CCC[C@H](C)CCC[C@@H](C)CC. The van der Waals surface area contributed by atoms with E-state index in [0.717, 1.165) is 18.3 Å². The van der Waals surface area contributed by atoms with Crippen LogP contribution in [0.25, 0.3) is 0 Å². The Labute approximate surface area is 133 Å². The summed E-state index contributed by atoms with van der Waals surface area (Å²) < 4.78 is 5.38. The summed E-state index contributed by atoms with van der Waals surface area (Å²) in [4.78, 5) is 11.3.